The third-order valence-electron chi connectivity index (χ3n) is 4.91. The fourth-order valence-electron chi connectivity index (χ4n) is 3.43. The standard InChI is InChI=1S/C18H21N3O2S/c1-11-19-15(10-24-11)18(23)20-14-5-6-16-13(8-14)4-7-17(22)21(16)9-12-2-3-12/h4,7,10,12,14H,2-3,5-6,8-9H2,1H3,(H,20,23)/t14-/m1/s1. The van der Waals surface area contributed by atoms with Crippen LogP contribution in [0.25, 0.3) is 0 Å². The van der Waals surface area contributed by atoms with E-state index >= 15 is 0 Å². The third kappa shape index (κ3) is 3.15. The number of fused-ring (bicyclic) bond motifs is 1. The third-order valence-corrected chi connectivity index (χ3v) is 5.68. The number of carbonyl (C=O) groups excluding carboxylic acids is 1. The number of nitrogens with zero attached hydrogens (tertiary/aromatic N) is 2. The summed E-state index contributed by atoms with van der Waals surface area (Å²) in [5.41, 5.74) is 2.98. The largest absolute Gasteiger partial charge is 0.348 e. The van der Waals surface area contributed by atoms with E-state index in [2.05, 4.69) is 10.3 Å². The predicted octanol–water partition coefficient (Wildman–Crippen LogP) is 2.31. The number of amides is 1. The zero-order valence-electron chi connectivity index (χ0n) is 13.7. The Bertz CT molecular complexity index is 835. The number of nitrogens with one attached hydrogen (secondary N) is 1. The molecule has 5 nitrogen and oxygen atoms in total. The molecule has 1 saturated carbocycles. The van der Waals surface area contributed by atoms with Crippen LogP contribution in [0.1, 0.15) is 46.0 Å². The molecule has 1 fully saturated rings. The molecule has 0 aromatic carbocycles. The molecule has 2 aromatic rings. The second-order valence-corrected chi connectivity index (χ2v) is 7.92. The number of aromatic nitrogens is 2. The van der Waals surface area contributed by atoms with E-state index < -0.39 is 0 Å². The lowest BCUT2D eigenvalue weighted by Crippen LogP contribution is -2.40. The first-order chi connectivity index (χ1) is 11.6. The van der Waals surface area contributed by atoms with Crippen molar-refractivity contribution in [3.8, 4) is 0 Å². The molecule has 0 aliphatic heterocycles. The molecule has 2 heterocycles. The lowest BCUT2D eigenvalue weighted by Gasteiger charge is -2.27. The molecule has 0 radical (unpaired) electrons. The lowest BCUT2D eigenvalue weighted by atomic mass is 9.91. The molecule has 1 atom stereocenters. The maximum absolute atomic E-state index is 12.3. The zero-order valence-corrected chi connectivity index (χ0v) is 14.6. The maximum Gasteiger partial charge on any atom is 0.270 e. The van der Waals surface area contributed by atoms with E-state index in [1.54, 1.807) is 11.4 Å². The SMILES string of the molecule is Cc1nc(C(=O)N[C@@H]2CCc3c(ccc(=O)n3CC3CC3)C2)cs1. The van der Waals surface area contributed by atoms with Crippen LogP contribution in [0.15, 0.2) is 22.3 Å². The van der Waals surface area contributed by atoms with Crippen molar-refractivity contribution >= 4 is 17.2 Å². The minimum Gasteiger partial charge on any atom is -0.348 e. The average Bonchev–Trinajstić information content (AvgIpc) is 3.28. The Morgan fingerprint density at radius 1 is 1.38 bits per heavy atom. The van der Waals surface area contributed by atoms with Gasteiger partial charge in [0.05, 0.1) is 5.01 Å². The lowest BCUT2D eigenvalue weighted by molar-refractivity contribution is 0.0929. The van der Waals surface area contributed by atoms with E-state index in [9.17, 15) is 9.59 Å². The molecule has 1 N–H and O–H groups in total. The smallest absolute Gasteiger partial charge is 0.270 e. The number of pyridine rings is 1. The summed E-state index contributed by atoms with van der Waals surface area (Å²) < 4.78 is 1.97. The van der Waals surface area contributed by atoms with E-state index in [0.717, 1.165) is 30.8 Å². The van der Waals surface area contributed by atoms with Gasteiger partial charge in [0, 0.05) is 29.7 Å². The van der Waals surface area contributed by atoms with Gasteiger partial charge in [0.2, 0.25) is 0 Å². The number of hydrogen-bond donors (Lipinski definition) is 1. The first-order valence-corrected chi connectivity index (χ1v) is 9.42. The Hall–Kier alpha value is -1.95. The molecule has 2 aliphatic carbocycles. The Balaban J connectivity index is 1.49. The topological polar surface area (TPSA) is 64.0 Å². The molecule has 2 aliphatic rings. The Kier molecular flexibility index (Phi) is 4.00. The van der Waals surface area contributed by atoms with Gasteiger partial charge < -0.3 is 9.88 Å². The van der Waals surface area contributed by atoms with Crippen molar-refractivity contribution in [2.75, 3.05) is 0 Å². The highest BCUT2D eigenvalue weighted by molar-refractivity contribution is 7.09. The van der Waals surface area contributed by atoms with Crippen LogP contribution in [-0.4, -0.2) is 21.5 Å². The van der Waals surface area contributed by atoms with Gasteiger partial charge in [-0.05, 0) is 50.5 Å². The van der Waals surface area contributed by atoms with Gasteiger partial charge in [0.15, 0.2) is 0 Å². The van der Waals surface area contributed by atoms with Gasteiger partial charge >= 0.3 is 0 Å². The van der Waals surface area contributed by atoms with Crippen LogP contribution < -0.4 is 10.9 Å². The van der Waals surface area contributed by atoms with E-state index in [-0.39, 0.29) is 17.5 Å². The number of aryl methyl sites for hydroxylation is 1. The van der Waals surface area contributed by atoms with Crippen molar-refractivity contribution in [1.82, 2.24) is 14.9 Å². The fraction of sp³-hybridized carbons (Fsp3) is 0.500. The molecule has 4 rings (SSSR count). The summed E-state index contributed by atoms with van der Waals surface area (Å²) in [7, 11) is 0. The van der Waals surface area contributed by atoms with Crippen LogP contribution in [0, 0.1) is 12.8 Å². The van der Waals surface area contributed by atoms with Crippen molar-refractivity contribution in [3.05, 3.63) is 49.8 Å². The quantitative estimate of drug-likeness (QED) is 0.926. The molecular weight excluding hydrogens is 322 g/mol. The monoisotopic (exact) mass is 343 g/mol. The highest BCUT2D eigenvalue weighted by atomic mass is 32.1. The van der Waals surface area contributed by atoms with Crippen LogP contribution >= 0.6 is 11.3 Å². The minimum atomic E-state index is -0.0981. The van der Waals surface area contributed by atoms with Crippen LogP contribution in [0.2, 0.25) is 0 Å². The molecule has 0 spiro atoms. The van der Waals surface area contributed by atoms with E-state index in [1.807, 2.05) is 17.6 Å². The average molecular weight is 343 g/mol. The van der Waals surface area contributed by atoms with Crippen LogP contribution in [-0.2, 0) is 19.4 Å². The summed E-state index contributed by atoms with van der Waals surface area (Å²) in [6, 6.07) is 3.72. The zero-order chi connectivity index (χ0) is 16.7. The van der Waals surface area contributed by atoms with Gasteiger partial charge in [-0.15, -0.1) is 11.3 Å². The van der Waals surface area contributed by atoms with Gasteiger partial charge in [0.1, 0.15) is 5.69 Å². The number of hydrogen-bond acceptors (Lipinski definition) is 4. The second kappa shape index (κ2) is 6.16. The first kappa shape index (κ1) is 15.6. The minimum absolute atomic E-state index is 0.0981. The highest BCUT2D eigenvalue weighted by Gasteiger charge is 2.27. The van der Waals surface area contributed by atoms with Crippen molar-refractivity contribution in [2.45, 2.75) is 51.6 Å². The summed E-state index contributed by atoms with van der Waals surface area (Å²) in [5.74, 6) is 0.582. The van der Waals surface area contributed by atoms with E-state index in [1.165, 1.54) is 35.4 Å². The van der Waals surface area contributed by atoms with Crippen molar-refractivity contribution < 1.29 is 4.79 Å². The van der Waals surface area contributed by atoms with Gasteiger partial charge in [-0.3, -0.25) is 9.59 Å². The summed E-state index contributed by atoms with van der Waals surface area (Å²) >= 11 is 1.49. The van der Waals surface area contributed by atoms with E-state index in [4.69, 9.17) is 0 Å². The molecule has 0 unspecified atom stereocenters. The molecule has 2 aromatic heterocycles. The number of thiazole rings is 1. The van der Waals surface area contributed by atoms with Crippen molar-refractivity contribution in [3.63, 3.8) is 0 Å². The first-order valence-electron chi connectivity index (χ1n) is 8.55. The van der Waals surface area contributed by atoms with Crippen molar-refractivity contribution in [2.24, 2.45) is 5.92 Å². The van der Waals surface area contributed by atoms with Gasteiger partial charge in [-0.2, -0.15) is 0 Å². The number of rotatable bonds is 4. The summed E-state index contributed by atoms with van der Waals surface area (Å²) in [6.45, 7) is 2.76. The normalized spacial score (nSPS) is 19.8. The highest BCUT2D eigenvalue weighted by Crippen LogP contribution is 2.31. The maximum atomic E-state index is 12.3. The second-order valence-electron chi connectivity index (χ2n) is 6.86. The van der Waals surface area contributed by atoms with Crippen LogP contribution in [0.3, 0.4) is 0 Å². The summed E-state index contributed by atoms with van der Waals surface area (Å²) in [6.07, 6.45) is 4.98. The number of carbonyl (C=O) groups is 1. The van der Waals surface area contributed by atoms with Gasteiger partial charge in [-0.1, -0.05) is 6.07 Å². The fourth-order valence-corrected chi connectivity index (χ4v) is 4.03. The van der Waals surface area contributed by atoms with Gasteiger partial charge in [-0.25, -0.2) is 4.98 Å². The van der Waals surface area contributed by atoms with E-state index in [0.29, 0.717) is 11.6 Å². The predicted molar refractivity (Wildman–Crippen MR) is 93.6 cm³/mol. The van der Waals surface area contributed by atoms with Crippen LogP contribution in [0.4, 0.5) is 0 Å². The van der Waals surface area contributed by atoms with Crippen molar-refractivity contribution in [1.29, 1.82) is 0 Å². The molecule has 1 amide bonds. The Labute approximate surface area is 144 Å². The molecule has 24 heavy (non-hydrogen) atoms. The molecule has 6 heteroatoms. The Morgan fingerprint density at radius 2 is 2.21 bits per heavy atom. The van der Waals surface area contributed by atoms with Crippen LogP contribution in [0.5, 0.6) is 0 Å². The molecule has 0 bridgehead atoms. The summed E-state index contributed by atoms with van der Waals surface area (Å²) in [5, 5.41) is 5.80. The molecular formula is C18H21N3O2S. The molecule has 0 saturated heterocycles. The summed E-state index contributed by atoms with van der Waals surface area (Å²) in [4.78, 5) is 28.7. The Morgan fingerprint density at radius 3 is 2.92 bits per heavy atom. The van der Waals surface area contributed by atoms with Gasteiger partial charge in [0.25, 0.3) is 11.5 Å². The molecule has 126 valence electrons.